The number of esters is 1. The highest BCUT2D eigenvalue weighted by molar-refractivity contribution is 8.13. The molecule has 0 unspecified atom stereocenters. The summed E-state index contributed by atoms with van der Waals surface area (Å²) in [5.74, 6) is 0.201. The second-order valence-electron chi connectivity index (χ2n) is 4.96. The van der Waals surface area contributed by atoms with Crippen LogP contribution in [0.3, 0.4) is 0 Å². The fraction of sp³-hybridized carbons (Fsp3) is 0.438. The summed E-state index contributed by atoms with van der Waals surface area (Å²) in [5.41, 5.74) is 0.860. The van der Waals surface area contributed by atoms with Crippen molar-refractivity contribution < 1.29 is 23.9 Å². The zero-order valence-electron chi connectivity index (χ0n) is 12.9. The van der Waals surface area contributed by atoms with Crippen LogP contribution < -0.4 is 0 Å². The molecule has 6 nitrogen and oxygen atoms in total. The Balaban J connectivity index is 1.87. The molecule has 0 bridgehead atoms. The summed E-state index contributed by atoms with van der Waals surface area (Å²) in [7, 11) is 0. The Kier molecular flexibility index (Phi) is 6.46. The van der Waals surface area contributed by atoms with Crippen molar-refractivity contribution in [1.29, 1.82) is 0 Å². The van der Waals surface area contributed by atoms with Gasteiger partial charge in [-0.05, 0) is 17.7 Å². The molecule has 1 saturated heterocycles. The minimum absolute atomic E-state index is 0.00445. The van der Waals surface area contributed by atoms with Gasteiger partial charge in [-0.25, -0.2) is 9.59 Å². The molecule has 1 aromatic rings. The third kappa shape index (κ3) is 4.99. The molecule has 1 aromatic carbocycles. The number of carbonyl (C=O) groups excluding carboxylic acids is 3. The molecule has 1 heterocycles. The molecule has 124 valence electrons. The van der Waals surface area contributed by atoms with Gasteiger partial charge in [0.1, 0.15) is 12.6 Å². The average molecular weight is 337 g/mol. The first-order chi connectivity index (χ1) is 11.1. The highest BCUT2D eigenvalue weighted by Crippen LogP contribution is 2.20. The second kappa shape index (κ2) is 8.57. The first kappa shape index (κ1) is 17.3. The quantitative estimate of drug-likeness (QED) is 0.743. The van der Waals surface area contributed by atoms with E-state index in [4.69, 9.17) is 9.47 Å². The van der Waals surface area contributed by atoms with Crippen LogP contribution in [0.5, 0.6) is 0 Å². The Hall–Kier alpha value is -2.02. The standard InChI is InChI=1S/C16H19NO5S/c1-2-23-14(18)9-8-13-15(19)22-11-17(13)16(20)21-10-12-6-4-3-5-7-12/h3-7,13H,2,8-11H2,1H3/t13-/m0/s1. The summed E-state index contributed by atoms with van der Waals surface area (Å²) >= 11 is 1.21. The van der Waals surface area contributed by atoms with Crippen LogP contribution in [-0.4, -0.2) is 40.6 Å². The van der Waals surface area contributed by atoms with Crippen LogP contribution in [0.2, 0.25) is 0 Å². The third-order valence-electron chi connectivity index (χ3n) is 3.36. The van der Waals surface area contributed by atoms with E-state index in [1.165, 1.54) is 16.7 Å². The number of benzene rings is 1. The molecule has 0 aromatic heterocycles. The van der Waals surface area contributed by atoms with Crippen molar-refractivity contribution in [2.75, 3.05) is 12.5 Å². The van der Waals surface area contributed by atoms with Crippen LogP contribution in [0.15, 0.2) is 30.3 Å². The molecule has 0 radical (unpaired) electrons. The lowest BCUT2D eigenvalue weighted by molar-refractivity contribution is -0.139. The van der Waals surface area contributed by atoms with E-state index in [0.29, 0.717) is 5.75 Å². The van der Waals surface area contributed by atoms with Crippen molar-refractivity contribution in [1.82, 2.24) is 4.90 Å². The topological polar surface area (TPSA) is 72.9 Å². The van der Waals surface area contributed by atoms with Crippen molar-refractivity contribution in [3.05, 3.63) is 35.9 Å². The zero-order valence-corrected chi connectivity index (χ0v) is 13.7. The summed E-state index contributed by atoms with van der Waals surface area (Å²) in [6.07, 6.45) is -0.133. The van der Waals surface area contributed by atoms with E-state index in [1.54, 1.807) is 0 Å². The molecular weight excluding hydrogens is 318 g/mol. The highest BCUT2D eigenvalue weighted by atomic mass is 32.2. The molecule has 23 heavy (non-hydrogen) atoms. The van der Waals surface area contributed by atoms with Crippen molar-refractivity contribution in [3.63, 3.8) is 0 Å². The number of ether oxygens (including phenoxy) is 2. The normalized spacial score (nSPS) is 17.0. The van der Waals surface area contributed by atoms with E-state index >= 15 is 0 Å². The summed E-state index contributed by atoms with van der Waals surface area (Å²) in [5, 5.41) is 0.00445. The van der Waals surface area contributed by atoms with Gasteiger partial charge in [0.05, 0.1) is 0 Å². The van der Waals surface area contributed by atoms with Crippen LogP contribution in [0, 0.1) is 0 Å². The van der Waals surface area contributed by atoms with Crippen LogP contribution in [0.25, 0.3) is 0 Å². The van der Waals surface area contributed by atoms with Gasteiger partial charge in [0.15, 0.2) is 11.8 Å². The van der Waals surface area contributed by atoms with E-state index in [9.17, 15) is 14.4 Å². The molecule has 1 fully saturated rings. The molecule has 1 atom stereocenters. The first-order valence-electron chi connectivity index (χ1n) is 7.41. The maximum atomic E-state index is 12.1. The van der Waals surface area contributed by atoms with Gasteiger partial charge in [-0.3, -0.25) is 9.69 Å². The Labute approximate surface area is 139 Å². The van der Waals surface area contributed by atoms with E-state index in [-0.39, 0.29) is 31.3 Å². The van der Waals surface area contributed by atoms with Gasteiger partial charge in [0, 0.05) is 6.42 Å². The molecule has 7 heteroatoms. The van der Waals surface area contributed by atoms with E-state index < -0.39 is 18.1 Å². The van der Waals surface area contributed by atoms with E-state index in [1.807, 2.05) is 37.3 Å². The van der Waals surface area contributed by atoms with Crippen molar-refractivity contribution in [2.24, 2.45) is 0 Å². The smallest absolute Gasteiger partial charge is 0.413 e. The maximum absolute atomic E-state index is 12.1. The lowest BCUT2D eigenvalue weighted by Crippen LogP contribution is -2.38. The minimum atomic E-state index is -0.750. The first-order valence-corrected chi connectivity index (χ1v) is 8.40. The monoisotopic (exact) mass is 337 g/mol. The molecule has 0 N–H and O–H groups in total. The van der Waals surface area contributed by atoms with Crippen LogP contribution in [-0.2, 0) is 25.7 Å². The average Bonchev–Trinajstić information content (AvgIpc) is 2.93. The fourth-order valence-corrected chi connectivity index (χ4v) is 2.77. The van der Waals surface area contributed by atoms with Crippen LogP contribution >= 0.6 is 11.8 Å². The lowest BCUT2D eigenvalue weighted by Gasteiger charge is -2.19. The zero-order chi connectivity index (χ0) is 16.7. The Bertz CT molecular complexity index is 563. The largest absolute Gasteiger partial charge is 0.444 e. The molecule has 0 spiro atoms. The Morgan fingerprint density at radius 1 is 1.35 bits per heavy atom. The molecule has 1 amide bonds. The summed E-state index contributed by atoms with van der Waals surface area (Å²) in [6, 6.07) is 8.52. The molecule has 2 rings (SSSR count). The third-order valence-corrected chi connectivity index (χ3v) is 4.18. The van der Waals surface area contributed by atoms with E-state index in [0.717, 1.165) is 5.56 Å². The number of cyclic esters (lactones) is 1. The molecule has 0 aliphatic carbocycles. The van der Waals surface area contributed by atoms with Gasteiger partial charge in [-0.15, -0.1) is 0 Å². The van der Waals surface area contributed by atoms with Crippen LogP contribution in [0.1, 0.15) is 25.3 Å². The Morgan fingerprint density at radius 2 is 2.09 bits per heavy atom. The summed E-state index contributed by atoms with van der Waals surface area (Å²) in [4.78, 5) is 36.7. The maximum Gasteiger partial charge on any atom is 0.413 e. The summed E-state index contributed by atoms with van der Waals surface area (Å²) < 4.78 is 10.1. The number of nitrogens with zero attached hydrogens (tertiary/aromatic N) is 1. The molecular formula is C16H19NO5S. The number of hydrogen-bond acceptors (Lipinski definition) is 6. The number of carbonyl (C=O) groups is 3. The molecule has 0 saturated carbocycles. The van der Waals surface area contributed by atoms with Crippen molar-refractivity contribution >= 4 is 28.9 Å². The number of rotatable bonds is 6. The number of amides is 1. The highest BCUT2D eigenvalue weighted by Gasteiger charge is 2.38. The van der Waals surface area contributed by atoms with Gasteiger partial charge in [-0.2, -0.15) is 0 Å². The Morgan fingerprint density at radius 3 is 2.78 bits per heavy atom. The number of hydrogen-bond donors (Lipinski definition) is 0. The second-order valence-corrected chi connectivity index (χ2v) is 6.28. The lowest BCUT2D eigenvalue weighted by atomic mass is 10.1. The van der Waals surface area contributed by atoms with Gasteiger partial charge in [0.2, 0.25) is 0 Å². The minimum Gasteiger partial charge on any atom is -0.444 e. The van der Waals surface area contributed by atoms with Gasteiger partial charge in [-0.1, -0.05) is 49.0 Å². The predicted octanol–water partition coefficient (Wildman–Crippen LogP) is 2.57. The van der Waals surface area contributed by atoms with Gasteiger partial charge in [0.25, 0.3) is 0 Å². The predicted molar refractivity (Wildman–Crippen MR) is 85.6 cm³/mol. The van der Waals surface area contributed by atoms with Gasteiger partial charge < -0.3 is 9.47 Å². The molecule has 1 aliphatic rings. The number of thioether (sulfide) groups is 1. The van der Waals surface area contributed by atoms with Crippen molar-refractivity contribution in [3.8, 4) is 0 Å². The van der Waals surface area contributed by atoms with Crippen molar-refractivity contribution in [2.45, 2.75) is 32.4 Å². The van der Waals surface area contributed by atoms with E-state index in [2.05, 4.69) is 0 Å². The van der Waals surface area contributed by atoms with Crippen LogP contribution in [0.4, 0.5) is 4.79 Å². The summed E-state index contributed by atoms with van der Waals surface area (Å²) in [6.45, 7) is 1.88. The van der Waals surface area contributed by atoms with Gasteiger partial charge >= 0.3 is 12.1 Å². The fourth-order valence-electron chi connectivity index (χ4n) is 2.19. The molecule has 1 aliphatic heterocycles. The SMILES string of the molecule is CCSC(=O)CC[C@H]1C(=O)OCN1C(=O)OCc1ccccc1.